The molecule has 2 aliphatic heterocycles. The van der Waals surface area contributed by atoms with E-state index in [-0.39, 0.29) is 17.9 Å². The van der Waals surface area contributed by atoms with Crippen molar-refractivity contribution in [3.05, 3.63) is 64.7 Å². The van der Waals surface area contributed by atoms with Crippen LogP contribution in [0.3, 0.4) is 0 Å². The van der Waals surface area contributed by atoms with Gasteiger partial charge in [-0.1, -0.05) is 18.2 Å². The maximum Gasteiger partial charge on any atom is 0.416 e. The molecule has 4 rings (SSSR count). The quantitative estimate of drug-likeness (QED) is 0.790. The molecular formula is C22H24F3N3O2. The second-order valence-electron chi connectivity index (χ2n) is 7.69. The fraction of sp³-hybridized carbons (Fsp3) is 0.409. The van der Waals surface area contributed by atoms with Crippen LogP contribution in [0.4, 0.5) is 13.2 Å². The van der Waals surface area contributed by atoms with Gasteiger partial charge in [-0.2, -0.15) is 13.2 Å². The van der Waals surface area contributed by atoms with Gasteiger partial charge in [-0.15, -0.1) is 0 Å². The summed E-state index contributed by atoms with van der Waals surface area (Å²) in [6, 6.07) is 10.4. The average Bonchev–Trinajstić information content (AvgIpc) is 3.44. The second kappa shape index (κ2) is 8.28. The Morgan fingerprint density at radius 2 is 1.80 bits per heavy atom. The van der Waals surface area contributed by atoms with E-state index in [1.807, 2.05) is 6.07 Å². The zero-order valence-corrected chi connectivity index (χ0v) is 16.6. The van der Waals surface area contributed by atoms with Crippen LogP contribution in [-0.4, -0.2) is 37.6 Å². The van der Waals surface area contributed by atoms with Crippen LogP contribution in [0.25, 0.3) is 0 Å². The van der Waals surface area contributed by atoms with Crippen molar-refractivity contribution < 1.29 is 22.7 Å². The first-order chi connectivity index (χ1) is 14.4. The lowest BCUT2D eigenvalue weighted by molar-refractivity contribution is -0.137. The number of methoxy groups -OCH3 is 1. The van der Waals surface area contributed by atoms with Crippen LogP contribution in [0.15, 0.2) is 42.5 Å². The molecule has 2 aliphatic rings. The number of carbonyl (C=O) groups is 1. The summed E-state index contributed by atoms with van der Waals surface area (Å²) in [6.07, 6.45) is -2.83. The van der Waals surface area contributed by atoms with Crippen LogP contribution in [0.2, 0.25) is 0 Å². The van der Waals surface area contributed by atoms with E-state index in [1.54, 1.807) is 24.1 Å². The lowest BCUT2D eigenvalue weighted by atomic mass is 9.97. The van der Waals surface area contributed by atoms with Gasteiger partial charge < -0.3 is 9.64 Å². The number of hydrogen-bond acceptors (Lipinski definition) is 4. The number of nitrogens with one attached hydrogen (secondary N) is 2. The number of hydrogen-bond donors (Lipinski definition) is 2. The molecule has 2 fully saturated rings. The van der Waals surface area contributed by atoms with E-state index in [9.17, 15) is 18.0 Å². The molecule has 0 saturated carbocycles. The molecule has 2 N–H and O–H groups in total. The molecule has 0 aromatic heterocycles. The summed E-state index contributed by atoms with van der Waals surface area (Å²) < 4.78 is 44.1. The number of halogens is 3. The molecule has 0 bridgehead atoms. The van der Waals surface area contributed by atoms with Gasteiger partial charge >= 0.3 is 6.18 Å². The summed E-state index contributed by atoms with van der Waals surface area (Å²) in [5.74, 6) is 0.794. The topological polar surface area (TPSA) is 53.6 Å². The fourth-order valence-corrected chi connectivity index (χ4v) is 4.28. The summed E-state index contributed by atoms with van der Waals surface area (Å²) in [4.78, 5) is 15.0. The Bertz CT molecular complexity index is 909. The first-order valence-electron chi connectivity index (χ1n) is 10.0. The van der Waals surface area contributed by atoms with Crippen LogP contribution in [0.5, 0.6) is 5.75 Å². The highest BCUT2D eigenvalue weighted by Crippen LogP contribution is 2.36. The summed E-state index contributed by atoms with van der Waals surface area (Å²) in [7, 11) is 1.59. The minimum Gasteiger partial charge on any atom is -0.496 e. The third-order valence-corrected chi connectivity index (χ3v) is 5.88. The van der Waals surface area contributed by atoms with Gasteiger partial charge in [-0.05, 0) is 48.2 Å². The Hall–Kier alpha value is -2.58. The zero-order valence-electron chi connectivity index (χ0n) is 16.6. The van der Waals surface area contributed by atoms with E-state index < -0.39 is 11.7 Å². The van der Waals surface area contributed by atoms with Gasteiger partial charge in [0.2, 0.25) is 0 Å². The SMILES string of the molecule is COc1cc(C(=O)N2CCCC2c2ccc(C(F)(F)F)cc2)ccc1C1CNNC1. The van der Waals surface area contributed by atoms with Gasteiger partial charge in [0.15, 0.2) is 0 Å². The molecule has 1 amide bonds. The number of hydrazine groups is 1. The van der Waals surface area contributed by atoms with Crippen molar-refractivity contribution >= 4 is 5.91 Å². The molecule has 2 aromatic carbocycles. The van der Waals surface area contributed by atoms with Gasteiger partial charge in [0.25, 0.3) is 5.91 Å². The van der Waals surface area contributed by atoms with Crippen molar-refractivity contribution in [2.24, 2.45) is 0 Å². The maximum absolute atomic E-state index is 13.2. The standard InChI is InChI=1S/C22H24F3N3O2/c1-30-20-11-15(6-9-18(20)16-12-26-27-13-16)21(29)28-10-2-3-19(28)14-4-7-17(8-5-14)22(23,24)25/h4-9,11,16,19,26-27H,2-3,10,12-13H2,1H3. The van der Waals surface area contributed by atoms with Gasteiger partial charge in [0, 0.05) is 31.1 Å². The van der Waals surface area contributed by atoms with Crippen LogP contribution < -0.4 is 15.6 Å². The smallest absolute Gasteiger partial charge is 0.416 e. The van der Waals surface area contributed by atoms with E-state index >= 15 is 0 Å². The largest absolute Gasteiger partial charge is 0.496 e. The first-order valence-corrected chi connectivity index (χ1v) is 10.0. The molecule has 0 aliphatic carbocycles. The lowest BCUT2D eigenvalue weighted by Gasteiger charge is -2.26. The molecule has 1 unspecified atom stereocenters. The van der Waals surface area contributed by atoms with E-state index in [0.717, 1.165) is 49.2 Å². The maximum atomic E-state index is 13.2. The minimum atomic E-state index is -4.37. The van der Waals surface area contributed by atoms with Gasteiger partial charge in [-0.25, -0.2) is 0 Å². The Morgan fingerprint density at radius 1 is 1.10 bits per heavy atom. The third-order valence-electron chi connectivity index (χ3n) is 5.88. The molecule has 1 atom stereocenters. The molecule has 2 saturated heterocycles. The van der Waals surface area contributed by atoms with E-state index in [4.69, 9.17) is 4.74 Å². The molecule has 0 spiro atoms. The normalized spacial score (nSPS) is 20.0. The molecule has 0 radical (unpaired) electrons. The number of likely N-dealkylation sites (tertiary alicyclic amines) is 1. The highest BCUT2D eigenvalue weighted by molar-refractivity contribution is 5.95. The van der Waals surface area contributed by atoms with Crippen LogP contribution >= 0.6 is 0 Å². The number of amides is 1. The summed E-state index contributed by atoms with van der Waals surface area (Å²) in [5.41, 5.74) is 7.78. The molecule has 2 heterocycles. The van der Waals surface area contributed by atoms with E-state index in [1.165, 1.54) is 12.1 Å². The number of alkyl halides is 3. The van der Waals surface area contributed by atoms with E-state index in [2.05, 4.69) is 10.9 Å². The predicted molar refractivity (Wildman–Crippen MR) is 106 cm³/mol. The molecular weight excluding hydrogens is 395 g/mol. The molecule has 5 nitrogen and oxygen atoms in total. The summed E-state index contributed by atoms with van der Waals surface area (Å²) >= 11 is 0. The second-order valence-corrected chi connectivity index (χ2v) is 7.69. The third kappa shape index (κ3) is 4.02. The summed E-state index contributed by atoms with van der Waals surface area (Å²) in [6.45, 7) is 2.14. The lowest BCUT2D eigenvalue weighted by Crippen LogP contribution is -2.30. The molecule has 160 valence electrons. The van der Waals surface area contributed by atoms with Crippen LogP contribution in [-0.2, 0) is 6.18 Å². The van der Waals surface area contributed by atoms with Crippen molar-refractivity contribution in [1.29, 1.82) is 0 Å². The van der Waals surface area contributed by atoms with E-state index in [0.29, 0.717) is 17.9 Å². The first kappa shape index (κ1) is 20.7. The van der Waals surface area contributed by atoms with Crippen LogP contribution in [0.1, 0.15) is 51.8 Å². The Labute approximate surface area is 173 Å². The Morgan fingerprint density at radius 3 is 2.43 bits per heavy atom. The molecule has 2 aromatic rings. The fourth-order valence-electron chi connectivity index (χ4n) is 4.28. The number of carbonyl (C=O) groups excluding carboxylic acids is 1. The minimum absolute atomic E-state index is 0.134. The van der Waals surface area contributed by atoms with Crippen molar-refractivity contribution in [3.63, 3.8) is 0 Å². The molecule has 30 heavy (non-hydrogen) atoms. The number of benzene rings is 2. The highest BCUT2D eigenvalue weighted by Gasteiger charge is 2.33. The average molecular weight is 419 g/mol. The zero-order chi connectivity index (χ0) is 21.3. The Kier molecular flexibility index (Phi) is 5.71. The van der Waals surface area contributed by atoms with Crippen molar-refractivity contribution in [2.75, 3.05) is 26.7 Å². The van der Waals surface area contributed by atoms with Crippen molar-refractivity contribution in [3.8, 4) is 5.75 Å². The van der Waals surface area contributed by atoms with Gasteiger partial charge in [-0.3, -0.25) is 15.6 Å². The van der Waals surface area contributed by atoms with Crippen molar-refractivity contribution in [2.45, 2.75) is 31.0 Å². The Balaban J connectivity index is 1.56. The monoisotopic (exact) mass is 419 g/mol. The number of nitrogens with zero attached hydrogens (tertiary/aromatic N) is 1. The van der Waals surface area contributed by atoms with Gasteiger partial charge in [0.1, 0.15) is 5.75 Å². The molecule has 8 heteroatoms. The van der Waals surface area contributed by atoms with Gasteiger partial charge in [0.05, 0.1) is 18.7 Å². The van der Waals surface area contributed by atoms with Crippen molar-refractivity contribution in [1.82, 2.24) is 15.8 Å². The highest BCUT2D eigenvalue weighted by atomic mass is 19.4. The van der Waals surface area contributed by atoms with Crippen LogP contribution in [0, 0.1) is 0 Å². The number of ether oxygens (including phenoxy) is 1. The summed E-state index contributed by atoms with van der Waals surface area (Å²) in [5, 5.41) is 0. The number of rotatable bonds is 4. The predicted octanol–water partition coefficient (Wildman–Crippen LogP) is 3.88.